The number of pyridine rings is 3. The largest absolute Gasteiger partial charge is 0.393 e. The highest BCUT2D eigenvalue weighted by molar-refractivity contribution is 5.97. The van der Waals surface area contributed by atoms with Gasteiger partial charge in [-0.3, -0.25) is 9.59 Å². The minimum Gasteiger partial charge on any atom is -0.393 e. The van der Waals surface area contributed by atoms with E-state index in [1.54, 1.807) is 37.4 Å². The molecule has 0 atom stereocenters. The zero-order chi connectivity index (χ0) is 27.9. The van der Waals surface area contributed by atoms with E-state index in [1.165, 1.54) is 12.3 Å². The minimum atomic E-state index is -0.620. The first-order valence-corrected chi connectivity index (χ1v) is 13.2. The number of carbonyl (C=O) groups excluding carboxylic acids is 1. The van der Waals surface area contributed by atoms with Crippen molar-refractivity contribution in [2.45, 2.75) is 25.9 Å². The van der Waals surface area contributed by atoms with E-state index in [9.17, 15) is 14.7 Å². The molecule has 2 saturated heterocycles. The predicted molar refractivity (Wildman–Crippen MR) is 150 cm³/mol. The molecular formula is C29H29FN6O4. The SMILES string of the molecule is CC1(C(=O)Nc2ccc(-c3cc(Nc4ccc(N5CCC(O)CC5)cn4)c4c(=O)[nH]ccc4n3)c(F)c2)COC1. The molecule has 6 rings (SSSR count). The number of nitrogens with one attached hydrogen (secondary N) is 3. The number of aromatic nitrogens is 3. The number of nitrogens with zero attached hydrogens (tertiary/aromatic N) is 3. The zero-order valence-corrected chi connectivity index (χ0v) is 21.9. The van der Waals surface area contributed by atoms with Gasteiger partial charge in [-0.15, -0.1) is 0 Å². The van der Waals surface area contributed by atoms with Gasteiger partial charge in [-0.25, -0.2) is 14.4 Å². The number of piperidine rings is 1. The van der Waals surface area contributed by atoms with Crippen LogP contribution < -0.4 is 21.1 Å². The molecule has 2 aliphatic rings. The van der Waals surface area contributed by atoms with Crippen LogP contribution in [0.4, 0.5) is 27.3 Å². The van der Waals surface area contributed by atoms with E-state index in [1.807, 2.05) is 12.1 Å². The fourth-order valence-corrected chi connectivity index (χ4v) is 4.96. The Morgan fingerprint density at radius 2 is 1.98 bits per heavy atom. The van der Waals surface area contributed by atoms with Gasteiger partial charge >= 0.3 is 0 Å². The van der Waals surface area contributed by atoms with Crippen molar-refractivity contribution in [1.82, 2.24) is 15.0 Å². The molecule has 2 fully saturated rings. The maximum absolute atomic E-state index is 15.3. The van der Waals surface area contributed by atoms with Gasteiger partial charge < -0.3 is 30.4 Å². The predicted octanol–water partition coefficient (Wildman–Crippen LogP) is 3.80. The van der Waals surface area contributed by atoms with E-state index >= 15 is 4.39 Å². The molecule has 0 unspecified atom stereocenters. The Kier molecular flexibility index (Phi) is 6.68. The van der Waals surface area contributed by atoms with Crippen LogP contribution in [-0.4, -0.2) is 58.4 Å². The number of rotatable bonds is 6. The van der Waals surface area contributed by atoms with Crippen LogP contribution in [0.2, 0.25) is 0 Å². The zero-order valence-electron chi connectivity index (χ0n) is 21.9. The first kappa shape index (κ1) is 25.9. The van der Waals surface area contributed by atoms with E-state index in [2.05, 4.69) is 30.5 Å². The Morgan fingerprint density at radius 3 is 2.65 bits per heavy atom. The summed E-state index contributed by atoms with van der Waals surface area (Å²) in [5.74, 6) is -0.282. The lowest BCUT2D eigenvalue weighted by molar-refractivity contribution is -0.151. The van der Waals surface area contributed by atoms with Gasteiger partial charge in [0.15, 0.2) is 0 Å². The third-order valence-corrected chi connectivity index (χ3v) is 7.46. The molecule has 4 aromatic rings. The highest BCUT2D eigenvalue weighted by atomic mass is 19.1. The molecule has 1 aromatic carbocycles. The van der Waals surface area contributed by atoms with Gasteiger partial charge in [-0.1, -0.05) is 0 Å². The van der Waals surface area contributed by atoms with Crippen LogP contribution in [0.3, 0.4) is 0 Å². The molecule has 206 valence electrons. The fraction of sp³-hybridized carbons (Fsp3) is 0.310. The summed E-state index contributed by atoms with van der Waals surface area (Å²) in [4.78, 5) is 39.2. The Morgan fingerprint density at radius 1 is 1.18 bits per heavy atom. The van der Waals surface area contributed by atoms with Crippen molar-refractivity contribution in [1.29, 1.82) is 0 Å². The fourth-order valence-electron chi connectivity index (χ4n) is 4.96. The number of benzene rings is 1. The Hall–Kier alpha value is -4.35. The Balaban J connectivity index is 1.29. The number of halogens is 1. The Bertz CT molecular complexity index is 1630. The van der Waals surface area contributed by atoms with E-state index < -0.39 is 11.2 Å². The highest BCUT2D eigenvalue weighted by Gasteiger charge is 2.41. The summed E-state index contributed by atoms with van der Waals surface area (Å²) < 4.78 is 20.5. The normalized spacial score (nSPS) is 16.9. The van der Waals surface area contributed by atoms with Crippen molar-refractivity contribution >= 4 is 39.7 Å². The molecule has 2 aliphatic heterocycles. The van der Waals surface area contributed by atoms with E-state index in [4.69, 9.17) is 4.74 Å². The second kappa shape index (κ2) is 10.3. The maximum atomic E-state index is 15.3. The summed E-state index contributed by atoms with van der Waals surface area (Å²) >= 11 is 0. The summed E-state index contributed by atoms with van der Waals surface area (Å²) in [6, 6.07) is 11.4. The summed E-state index contributed by atoms with van der Waals surface area (Å²) in [7, 11) is 0. The van der Waals surface area contributed by atoms with Crippen molar-refractivity contribution in [2.24, 2.45) is 5.41 Å². The number of anilines is 4. The number of carbonyl (C=O) groups is 1. The van der Waals surface area contributed by atoms with Gasteiger partial charge in [0.1, 0.15) is 11.6 Å². The topological polar surface area (TPSA) is 132 Å². The molecule has 0 saturated carbocycles. The summed E-state index contributed by atoms with van der Waals surface area (Å²) in [6.45, 7) is 3.97. The number of hydrogen-bond donors (Lipinski definition) is 4. The van der Waals surface area contributed by atoms with Crippen LogP contribution in [0, 0.1) is 11.2 Å². The van der Waals surface area contributed by atoms with Gasteiger partial charge in [-0.05, 0) is 62.2 Å². The number of H-pyrrole nitrogens is 1. The summed E-state index contributed by atoms with van der Waals surface area (Å²) in [5.41, 5.74) is 1.68. The molecule has 5 heterocycles. The number of aromatic amines is 1. The van der Waals surface area contributed by atoms with E-state index in [0.717, 1.165) is 18.8 Å². The van der Waals surface area contributed by atoms with Crippen LogP contribution in [-0.2, 0) is 9.53 Å². The number of amides is 1. The summed E-state index contributed by atoms with van der Waals surface area (Å²) in [6.07, 6.45) is 4.41. The second-order valence-electron chi connectivity index (χ2n) is 10.6. The first-order chi connectivity index (χ1) is 19.3. The second-order valence-corrected chi connectivity index (χ2v) is 10.6. The number of aliphatic hydroxyl groups is 1. The average molecular weight is 545 g/mol. The lowest BCUT2D eigenvalue weighted by Gasteiger charge is -2.36. The van der Waals surface area contributed by atoms with Crippen LogP contribution in [0.1, 0.15) is 19.8 Å². The van der Waals surface area contributed by atoms with Crippen LogP contribution in [0.15, 0.2) is 59.7 Å². The number of aliphatic hydroxyl groups excluding tert-OH is 1. The first-order valence-electron chi connectivity index (χ1n) is 13.2. The van der Waals surface area contributed by atoms with Crippen molar-refractivity contribution in [2.75, 3.05) is 41.8 Å². The average Bonchev–Trinajstić information content (AvgIpc) is 2.92. The molecule has 0 bridgehead atoms. The van der Waals surface area contributed by atoms with Gasteiger partial charge in [0.2, 0.25) is 5.91 Å². The molecule has 1 amide bonds. The Labute approximate surface area is 229 Å². The molecule has 0 radical (unpaired) electrons. The third kappa shape index (κ3) is 5.01. The number of ether oxygens (including phenoxy) is 1. The number of hydrogen-bond acceptors (Lipinski definition) is 8. The highest BCUT2D eigenvalue weighted by Crippen LogP contribution is 2.32. The van der Waals surface area contributed by atoms with Crippen LogP contribution in [0.25, 0.3) is 22.2 Å². The van der Waals surface area contributed by atoms with Crippen molar-refractivity contribution in [3.8, 4) is 11.3 Å². The van der Waals surface area contributed by atoms with Crippen molar-refractivity contribution in [3.05, 3.63) is 71.0 Å². The van der Waals surface area contributed by atoms with Gasteiger partial charge in [0.05, 0.1) is 58.9 Å². The van der Waals surface area contributed by atoms with E-state index in [-0.39, 0.29) is 23.1 Å². The smallest absolute Gasteiger partial charge is 0.259 e. The minimum absolute atomic E-state index is 0.219. The molecule has 0 spiro atoms. The van der Waals surface area contributed by atoms with Crippen molar-refractivity contribution in [3.63, 3.8) is 0 Å². The molecule has 3 aromatic heterocycles. The summed E-state index contributed by atoms with van der Waals surface area (Å²) in [5, 5.41) is 16.0. The monoisotopic (exact) mass is 544 g/mol. The molecule has 40 heavy (non-hydrogen) atoms. The van der Waals surface area contributed by atoms with Gasteiger partial charge in [-0.2, -0.15) is 0 Å². The van der Waals surface area contributed by atoms with Gasteiger partial charge in [0.25, 0.3) is 5.56 Å². The van der Waals surface area contributed by atoms with Gasteiger partial charge in [0, 0.05) is 30.5 Å². The molecule has 11 heteroatoms. The van der Waals surface area contributed by atoms with Crippen LogP contribution in [0.5, 0.6) is 0 Å². The number of fused-ring (bicyclic) bond motifs is 1. The molecule has 0 aliphatic carbocycles. The maximum Gasteiger partial charge on any atom is 0.259 e. The lowest BCUT2D eigenvalue weighted by atomic mass is 9.87. The molecule has 4 N–H and O–H groups in total. The third-order valence-electron chi connectivity index (χ3n) is 7.46. The lowest BCUT2D eigenvalue weighted by Crippen LogP contribution is -2.49. The van der Waals surface area contributed by atoms with Crippen LogP contribution >= 0.6 is 0 Å². The molecule has 10 nitrogen and oxygen atoms in total. The molecular weight excluding hydrogens is 515 g/mol. The van der Waals surface area contributed by atoms with E-state index in [0.29, 0.717) is 59.8 Å². The quantitative estimate of drug-likeness (QED) is 0.288. The standard InChI is InChI=1S/C29H29FN6O4/c1-29(15-40-16-29)28(39)33-17-2-4-20(21(30)12-17)23-13-24(26-22(34-23)6-9-31-27(26)38)35-25-5-3-18(14-32-25)36-10-7-19(37)8-11-36/h2-6,9,12-14,19,37H,7-8,10-11,15-16H2,1H3,(H,31,38)(H,33,39)(H,32,34,35). The van der Waals surface area contributed by atoms with Crippen molar-refractivity contribution < 1.29 is 19.0 Å².